The van der Waals surface area contributed by atoms with Crippen molar-refractivity contribution in [3.63, 3.8) is 0 Å². The zero-order valence-electron chi connectivity index (χ0n) is 14.0. The predicted octanol–water partition coefficient (Wildman–Crippen LogP) is 3.85. The van der Waals surface area contributed by atoms with Gasteiger partial charge in [-0.25, -0.2) is 4.79 Å². The Kier molecular flexibility index (Phi) is 4.68. The van der Waals surface area contributed by atoms with E-state index in [9.17, 15) is 9.59 Å². The van der Waals surface area contributed by atoms with Crippen molar-refractivity contribution in [2.24, 2.45) is 0 Å². The van der Waals surface area contributed by atoms with E-state index in [0.29, 0.717) is 34.2 Å². The summed E-state index contributed by atoms with van der Waals surface area (Å²) in [4.78, 5) is 25.1. The number of nitrogens with one attached hydrogen (secondary N) is 1. The highest BCUT2D eigenvalue weighted by Gasteiger charge is 2.43. The van der Waals surface area contributed by atoms with Gasteiger partial charge in [-0.05, 0) is 49.7 Å². The number of benzene rings is 2. The van der Waals surface area contributed by atoms with Gasteiger partial charge in [0.05, 0.1) is 17.9 Å². The molecule has 0 bridgehead atoms. The Morgan fingerprint density at radius 3 is 2.84 bits per heavy atom. The van der Waals surface area contributed by atoms with E-state index in [2.05, 4.69) is 5.32 Å². The first kappa shape index (κ1) is 17.3. The third kappa shape index (κ3) is 3.46. The lowest BCUT2D eigenvalue weighted by molar-refractivity contribution is -0.134. The number of carbonyl (C=O) groups is 2. The molecule has 2 aromatic carbocycles. The Balaban J connectivity index is 1.86. The summed E-state index contributed by atoms with van der Waals surface area (Å²) in [5, 5.41) is 3.31. The topological polar surface area (TPSA) is 64.6 Å². The van der Waals surface area contributed by atoms with Crippen LogP contribution < -0.4 is 10.1 Å². The second-order valence-corrected chi connectivity index (χ2v) is 6.42. The van der Waals surface area contributed by atoms with Gasteiger partial charge in [-0.2, -0.15) is 0 Å². The van der Waals surface area contributed by atoms with E-state index in [1.54, 1.807) is 43.3 Å². The van der Waals surface area contributed by atoms with E-state index in [4.69, 9.17) is 21.1 Å². The zero-order valence-corrected chi connectivity index (χ0v) is 14.7. The molecule has 1 heterocycles. The normalized spacial score (nSPS) is 18.9. The number of amides is 1. The van der Waals surface area contributed by atoms with Crippen LogP contribution >= 0.6 is 11.6 Å². The number of carbonyl (C=O) groups excluding carboxylic acids is 2. The van der Waals surface area contributed by atoms with Gasteiger partial charge in [-0.15, -0.1) is 0 Å². The number of halogens is 1. The smallest absolute Gasteiger partial charge is 0.339 e. The van der Waals surface area contributed by atoms with Crippen LogP contribution in [-0.4, -0.2) is 24.1 Å². The van der Waals surface area contributed by atoms with Crippen LogP contribution in [0.3, 0.4) is 0 Å². The first-order chi connectivity index (χ1) is 11.9. The molecular weight excluding hydrogens is 342 g/mol. The number of hydrogen-bond donors (Lipinski definition) is 1. The Labute approximate surface area is 150 Å². The Morgan fingerprint density at radius 2 is 2.08 bits per heavy atom. The van der Waals surface area contributed by atoms with Crippen molar-refractivity contribution < 1.29 is 19.1 Å². The number of anilines is 1. The van der Waals surface area contributed by atoms with Gasteiger partial charge in [-0.3, -0.25) is 4.79 Å². The SMILES string of the molecule is CCOc1ccccc1NC(=O)C1(C)Cc2cc(Cl)ccc2C(=O)O1. The molecule has 0 spiro atoms. The van der Waals surface area contributed by atoms with Gasteiger partial charge in [-0.1, -0.05) is 23.7 Å². The Bertz CT molecular complexity index is 836. The molecule has 3 rings (SSSR count). The number of esters is 1. The maximum absolute atomic E-state index is 12.8. The standard InChI is InChI=1S/C19H18ClNO4/c1-3-24-16-7-5-4-6-15(16)21-18(23)19(2)11-12-10-13(20)8-9-14(12)17(22)25-19/h4-10H,3,11H2,1-2H3,(H,21,23). The van der Waals surface area contributed by atoms with Crippen LogP contribution in [0.25, 0.3) is 0 Å². The molecule has 0 aromatic heterocycles. The largest absolute Gasteiger partial charge is 0.492 e. The molecule has 1 aliphatic heterocycles. The maximum Gasteiger partial charge on any atom is 0.339 e. The van der Waals surface area contributed by atoms with Crippen LogP contribution in [-0.2, 0) is 16.0 Å². The summed E-state index contributed by atoms with van der Waals surface area (Å²) in [5.41, 5.74) is 0.334. The highest BCUT2D eigenvalue weighted by atomic mass is 35.5. The fourth-order valence-corrected chi connectivity index (χ4v) is 2.99. The molecular formula is C19H18ClNO4. The number of rotatable bonds is 4. The summed E-state index contributed by atoms with van der Waals surface area (Å²) in [6.45, 7) is 3.93. The van der Waals surface area contributed by atoms with Crippen molar-refractivity contribution in [1.29, 1.82) is 0 Å². The van der Waals surface area contributed by atoms with E-state index in [0.717, 1.165) is 0 Å². The molecule has 0 saturated heterocycles. The van der Waals surface area contributed by atoms with Crippen molar-refractivity contribution in [2.75, 3.05) is 11.9 Å². The number of para-hydroxylation sites is 2. The first-order valence-electron chi connectivity index (χ1n) is 7.98. The first-order valence-corrected chi connectivity index (χ1v) is 8.36. The molecule has 0 saturated carbocycles. The molecule has 0 aliphatic carbocycles. The molecule has 25 heavy (non-hydrogen) atoms. The van der Waals surface area contributed by atoms with Gasteiger partial charge in [0, 0.05) is 11.4 Å². The quantitative estimate of drug-likeness (QED) is 0.842. The third-order valence-corrected chi connectivity index (χ3v) is 4.28. The van der Waals surface area contributed by atoms with Gasteiger partial charge < -0.3 is 14.8 Å². The van der Waals surface area contributed by atoms with Crippen molar-refractivity contribution >= 4 is 29.2 Å². The maximum atomic E-state index is 12.8. The van der Waals surface area contributed by atoms with Gasteiger partial charge in [0.2, 0.25) is 0 Å². The minimum Gasteiger partial charge on any atom is -0.492 e. The summed E-state index contributed by atoms with van der Waals surface area (Å²) in [6, 6.07) is 12.1. The number of ether oxygens (including phenoxy) is 2. The molecule has 1 atom stereocenters. The van der Waals surface area contributed by atoms with Gasteiger partial charge in [0.15, 0.2) is 5.60 Å². The molecule has 0 radical (unpaired) electrons. The summed E-state index contributed by atoms with van der Waals surface area (Å²) >= 11 is 6.01. The van der Waals surface area contributed by atoms with Gasteiger partial charge in [0.1, 0.15) is 5.75 Å². The highest BCUT2D eigenvalue weighted by Crippen LogP contribution is 2.32. The molecule has 1 amide bonds. The molecule has 1 N–H and O–H groups in total. The summed E-state index contributed by atoms with van der Waals surface area (Å²) in [7, 11) is 0. The van der Waals surface area contributed by atoms with E-state index >= 15 is 0 Å². The second-order valence-electron chi connectivity index (χ2n) is 5.98. The van der Waals surface area contributed by atoms with Crippen LogP contribution in [0.4, 0.5) is 5.69 Å². The van der Waals surface area contributed by atoms with E-state index in [1.807, 2.05) is 13.0 Å². The fraction of sp³-hybridized carbons (Fsp3) is 0.263. The lowest BCUT2D eigenvalue weighted by Crippen LogP contribution is -2.49. The number of fused-ring (bicyclic) bond motifs is 1. The molecule has 0 fully saturated rings. The molecule has 1 aliphatic rings. The Hall–Kier alpha value is -2.53. The monoisotopic (exact) mass is 359 g/mol. The summed E-state index contributed by atoms with van der Waals surface area (Å²) in [6.07, 6.45) is 0.247. The van der Waals surface area contributed by atoms with Gasteiger partial charge in [0.25, 0.3) is 5.91 Å². The second kappa shape index (κ2) is 6.76. The van der Waals surface area contributed by atoms with Crippen LogP contribution in [0.15, 0.2) is 42.5 Å². The lowest BCUT2D eigenvalue weighted by atomic mass is 9.89. The Morgan fingerprint density at radius 1 is 1.32 bits per heavy atom. The van der Waals surface area contributed by atoms with Crippen molar-refractivity contribution in [2.45, 2.75) is 25.9 Å². The summed E-state index contributed by atoms with van der Waals surface area (Å²) < 4.78 is 11.0. The van der Waals surface area contributed by atoms with Crippen LogP contribution in [0.2, 0.25) is 5.02 Å². The van der Waals surface area contributed by atoms with Crippen LogP contribution in [0, 0.1) is 0 Å². The predicted molar refractivity (Wildman–Crippen MR) is 95.2 cm³/mol. The lowest BCUT2D eigenvalue weighted by Gasteiger charge is -2.33. The van der Waals surface area contributed by atoms with Crippen LogP contribution in [0.1, 0.15) is 29.8 Å². The summed E-state index contributed by atoms with van der Waals surface area (Å²) in [5.74, 6) is -0.389. The van der Waals surface area contributed by atoms with Crippen molar-refractivity contribution in [3.05, 3.63) is 58.6 Å². The minimum absolute atomic E-state index is 0.247. The molecule has 2 aromatic rings. The molecule has 1 unspecified atom stereocenters. The molecule has 5 nitrogen and oxygen atoms in total. The average molecular weight is 360 g/mol. The van der Waals surface area contributed by atoms with Crippen molar-refractivity contribution in [3.8, 4) is 5.75 Å². The highest BCUT2D eigenvalue weighted by molar-refractivity contribution is 6.30. The van der Waals surface area contributed by atoms with E-state index in [-0.39, 0.29) is 6.42 Å². The van der Waals surface area contributed by atoms with E-state index < -0.39 is 17.5 Å². The fourth-order valence-electron chi connectivity index (χ4n) is 2.80. The minimum atomic E-state index is -1.33. The van der Waals surface area contributed by atoms with Crippen molar-refractivity contribution in [1.82, 2.24) is 0 Å². The number of hydrogen-bond acceptors (Lipinski definition) is 4. The molecule has 130 valence electrons. The third-order valence-electron chi connectivity index (χ3n) is 4.05. The van der Waals surface area contributed by atoms with Gasteiger partial charge >= 0.3 is 5.97 Å². The molecule has 6 heteroatoms. The number of cyclic esters (lactones) is 1. The average Bonchev–Trinajstić information content (AvgIpc) is 2.56. The zero-order chi connectivity index (χ0) is 18.0. The van der Waals surface area contributed by atoms with Crippen LogP contribution in [0.5, 0.6) is 5.75 Å². The van der Waals surface area contributed by atoms with E-state index in [1.165, 1.54) is 0 Å².